The molecule has 1 heterocycles. The van der Waals surface area contributed by atoms with Crippen LogP contribution in [0.4, 0.5) is 0 Å². The van der Waals surface area contributed by atoms with Crippen molar-refractivity contribution in [3.05, 3.63) is 42.4 Å². The standard InChI is InChI=1S/C10H8NO/c12-6-5-8-7-11-10-4-2-1-3-9(8)10/h1-7,11H. The van der Waals surface area contributed by atoms with Crippen LogP contribution in [0.3, 0.4) is 0 Å². The molecule has 0 unspecified atom stereocenters. The Morgan fingerprint density at radius 1 is 1.25 bits per heavy atom. The van der Waals surface area contributed by atoms with Gasteiger partial charge in [0, 0.05) is 17.1 Å². The number of carbonyl (C=O) groups is 1. The number of hydrogen-bond donors (Lipinski definition) is 1. The van der Waals surface area contributed by atoms with Crippen molar-refractivity contribution in [2.75, 3.05) is 0 Å². The first-order valence-corrected chi connectivity index (χ1v) is 3.76. The minimum Gasteiger partial charge on any atom is -0.361 e. The normalized spacial score (nSPS) is 10.3. The van der Waals surface area contributed by atoms with Crippen molar-refractivity contribution in [1.29, 1.82) is 0 Å². The maximum absolute atomic E-state index is 10.2. The summed E-state index contributed by atoms with van der Waals surface area (Å²) < 4.78 is 0. The molecule has 2 aromatic rings. The molecule has 0 saturated carbocycles. The minimum absolute atomic E-state index is 0.801. The zero-order valence-corrected chi connectivity index (χ0v) is 6.45. The monoisotopic (exact) mass is 158 g/mol. The van der Waals surface area contributed by atoms with E-state index in [4.69, 9.17) is 0 Å². The van der Waals surface area contributed by atoms with E-state index in [0.29, 0.717) is 0 Å². The van der Waals surface area contributed by atoms with Gasteiger partial charge in [0.15, 0.2) is 0 Å². The SMILES string of the molecule is O=C[CH]c1c[nH]c2ccccc12. The second-order valence-electron chi connectivity index (χ2n) is 2.59. The van der Waals surface area contributed by atoms with Gasteiger partial charge in [0.25, 0.3) is 0 Å². The van der Waals surface area contributed by atoms with Crippen LogP contribution in [0.2, 0.25) is 0 Å². The Labute approximate surface area is 70.2 Å². The second kappa shape index (κ2) is 2.81. The molecule has 0 saturated heterocycles. The average Bonchev–Trinajstić information content (AvgIpc) is 2.50. The van der Waals surface area contributed by atoms with Gasteiger partial charge >= 0.3 is 0 Å². The number of fused-ring (bicyclic) bond motifs is 1. The quantitative estimate of drug-likeness (QED) is 0.665. The summed E-state index contributed by atoms with van der Waals surface area (Å²) in [6.07, 6.45) is 4.19. The molecule has 0 fully saturated rings. The summed E-state index contributed by atoms with van der Waals surface area (Å²) in [5, 5.41) is 1.09. The molecular weight excluding hydrogens is 150 g/mol. The van der Waals surface area contributed by atoms with E-state index in [9.17, 15) is 4.79 Å². The molecule has 2 nitrogen and oxygen atoms in total. The maximum Gasteiger partial charge on any atom is 0.128 e. The third-order valence-electron chi connectivity index (χ3n) is 1.87. The number of H-pyrrole nitrogens is 1. The van der Waals surface area contributed by atoms with Crippen LogP contribution in [0.1, 0.15) is 5.56 Å². The van der Waals surface area contributed by atoms with Gasteiger partial charge in [-0.15, -0.1) is 0 Å². The summed E-state index contributed by atoms with van der Waals surface area (Å²) >= 11 is 0. The van der Waals surface area contributed by atoms with E-state index >= 15 is 0 Å². The van der Waals surface area contributed by atoms with Crippen molar-refractivity contribution in [1.82, 2.24) is 4.98 Å². The summed E-state index contributed by atoms with van der Waals surface area (Å²) in [4.78, 5) is 13.3. The number of aromatic nitrogens is 1. The Hall–Kier alpha value is -1.57. The summed E-state index contributed by atoms with van der Waals surface area (Å²) in [5.74, 6) is 0. The highest BCUT2D eigenvalue weighted by Gasteiger charge is 2.00. The van der Waals surface area contributed by atoms with E-state index in [1.807, 2.05) is 30.5 Å². The van der Waals surface area contributed by atoms with Crippen molar-refractivity contribution in [2.24, 2.45) is 0 Å². The van der Waals surface area contributed by atoms with E-state index < -0.39 is 0 Å². The number of rotatable bonds is 2. The number of benzene rings is 1. The third-order valence-corrected chi connectivity index (χ3v) is 1.87. The largest absolute Gasteiger partial charge is 0.361 e. The number of para-hydroxylation sites is 1. The lowest BCUT2D eigenvalue weighted by Gasteiger charge is -1.89. The van der Waals surface area contributed by atoms with Gasteiger partial charge in [-0.25, -0.2) is 0 Å². The van der Waals surface area contributed by atoms with Crippen LogP contribution in [0.15, 0.2) is 30.5 Å². The van der Waals surface area contributed by atoms with E-state index in [-0.39, 0.29) is 0 Å². The maximum atomic E-state index is 10.2. The highest BCUT2D eigenvalue weighted by atomic mass is 16.1. The predicted molar refractivity (Wildman–Crippen MR) is 47.8 cm³/mol. The molecule has 1 N–H and O–H groups in total. The number of nitrogens with one attached hydrogen (secondary N) is 1. The Kier molecular flexibility index (Phi) is 1.67. The average molecular weight is 158 g/mol. The molecule has 0 aliphatic rings. The molecule has 0 spiro atoms. The molecule has 0 atom stereocenters. The first kappa shape index (κ1) is 7.10. The van der Waals surface area contributed by atoms with Gasteiger partial charge in [0.1, 0.15) is 6.29 Å². The van der Waals surface area contributed by atoms with Crippen molar-refractivity contribution in [3.8, 4) is 0 Å². The van der Waals surface area contributed by atoms with Gasteiger partial charge in [0.05, 0.1) is 6.42 Å². The first-order valence-electron chi connectivity index (χ1n) is 3.76. The number of aldehydes is 1. The highest BCUT2D eigenvalue weighted by Crippen LogP contribution is 2.17. The summed E-state index contributed by atoms with van der Waals surface area (Å²) in [5.41, 5.74) is 2.01. The molecule has 0 aliphatic heterocycles. The van der Waals surface area contributed by atoms with E-state index in [1.165, 1.54) is 0 Å². The van der Waals surface area contributed by atoms with Gasteiger partial charge in [-0.05, 0) is 11.6 Å². The molecule has 0 bridgehead atoms. The first-order chi connectivity index (χ1) is 5.92. The van der Waals surface area contributed by atoms with Gasteiger partial charge in [-0.2, -0.15) is 0 Å². The molecule has 2 heteroatoms. The van der Waals surface area contributed by atoms with Gasteiger partial charge in [-0.1, -0.05) is 18.2 Å². The van der Waals surface area contributed by atoms with E-state index in [2.05, 4.69) is 4.98 Å². The van der Waals surface area contributed by atoms with Crippen LogP contribution in [0.25, 0.3) is 10.9 Å². The molecule has 1 aromatic heterocycles. The van der Waals surface area contributed by atoms with Crippen LogP contribution < -0.4 is 0 Å². The van der Waals surface area contributed by atoms with Gasteiger partial charge in [0.2, 0.25) is 0 Å². The lowest BCUT2D eigenvalue weighted by Crippen LogP contribution is -1.77. The zero-order valence-electron chi connectivity index (χ0n) is 6.45. The van der Waals surface area contributed by atoms with Crippen LogP contribution in [-0.2, 0) is 4.79 Å². The van der Waals surface area contributed by atoms with Crippen molar-refractivity contribution >= 4 is 17.2 Å². The minimum atomic E-state index is 0.801. The van der Waals surface area contributed by atoms with E-state index in [1.54, 1.807) is 6.42 Å². The van der Waals surface area contributed by atoms with Gasteiger partial charge in [-0.3, -0.25) is 0 Å². The van der Waals surface area contributed by atoms with Crippen LogP contribution in [0, 0.1) is 6.42 Å². The fourth-order valence-corrected chi connectivity index (χ4v) is 1.31. The van der Waals surface area contributed by atoms with Crippen LogP contribution in [-0.4, -0.2) is 11.3 Å². The van der Waals surface area contributed by atoms with Crippen LogP contribution >= 0.6 is 0 Å². The molecule has 59 valence electrons. The fraction of sp³-hybridized carbons (Fsp3) is 0. The Balaban J connectivity index is 2.62. The van der Waals surface area contributed by atoms with Gasteiger partial charge < -0.3 is 9.78 Å². The summed E-state index contributed by atoms with van der Waals surface area (Å²) in [7, 11) is 0. The molecule has 1 radical (unpaired) electrons. The number of carbonyl (C=O) groups excluding carboxylic acids is 1. The molecule has 2 rings (SSSR count). The molecule has 0 aliphatic carbocycles. The Morgan fingerprint density at radius 3 is 2.92 bits per heavy atom. The van der Waals surface area contributed by atoms with Crippen molar-refractivity contribution in [3.63, 3.8) is 0 Å². The molecule has 0 amide bonds. The van der Waals surface area contributed by atoms with E-state index in [0.717, 1.165) is 22.8 Å². The molecular formula is C10H8NO. The lowest BCUT2D eigenvalue weighted by molar-refractivity contribution is -0.104. The number of hydrogen-bond acceptors (Lipinski definition) is 1. The lowest BCUT2D eigenvalue weighted by atomic mass is 10.1. The predicted octanol–water partition coefficient (Wildman–Crippen LogP) is 1.92. The summed E-state index contributed by atoms with van der Waals surface area (Å²) in [6.45, 7) is 0. The van der Waals surface area contributed by atoms with Crippen molar-refractivity contribution in [2.45, 2.75) is 0 Å². The second-order valence-corrected chi connectivity index (χ2v) is 2.59. The smallest absolute Gasteiger partial charge is 0.128 e. The molecule has 1 aromatic carbocycles. The van der Waals surface area contributed by atoms with Crippen molar-refractivity contribution < 1.29 is 4.79 Å². The van der Waals surface area contributed by atoms with Crippen LogP contribution in [0.5, 0.6) is 0 Å². The Bertz CT molecular complexity index is 403. The zero-order chi connectivity index (χ0) is 8.39. The fourth-order valence-electron chi connectivity index (χ4n) is 1.31. The highest BCUT2D eigenvalue weighted by molar-refractivity contribution is 5.88. The summed E-state index contributed by atoms with van der Waals surface area (Å²) in [6, 6.07) is 7.89. The topological polar surface area (TPSA) is 32.9 Å². The Morgan fingerprint density at radius 2 is 2.08 bits per heavy atom. The third kappa shape index (κ3) is 1.01. The number of aromatic amines is 1. The molecule has 12 heavy (non-hydrogen) atoms.